The zero-order valence-electron chi connectivity index (χ0n) is 12.0. The molecule has 0 saturated carbocycles. The van der Waals surface area contributed by atoms with Gasteiger partial charge in [-0.2, -0.15) is 0 Å². The lowest BCUT2D eigenvalue weighted by Gasteiger charge is -2.14. The van der Waals surface area contributed by atoms with Crippen molar-refractivity contribution in [2.24, 2.45) is 0 Å². The van der Waals surface area contributed by atoms with E-state index in [4.69, 9.17) is 0 Å². The van der Waals surface area contributed by atoms with E-state index in [1.165, 1.54) is 11.1 Å². The van der Waals surface area contributed by atoms with Crippen LogP contribution in [-0.2, 0) is 0 Å². The van der Waals surface area contributed by atoms with Crippen LogP contribution in [0.5, 0.6) is 0 Å². The lowest BCUT2D eigenvalue weighted by Crippen LogP contribution is -1.95. The van der Waals surface area contributed by atoms with Gasteiger partial charge in [0.2, 0.25) is 0 Å². The first-order valence-corrected chi connectivity index (χ1v) is 7.18. The SMILES string of the molecule is C[C@H](O)c1ccc(-c2ccccc2)cc1-c1ccccc1. The topological polar surface area (TPSA) is 20.2 Å². The van der Waals surface area contributed by atoms with E-state index in [0.29, 0.717) is 0 Å². The van der Waals surface area contributed by atoms with Gasteiger partial charge in [0.25, 0.3) is 0 Å². The number of aliphatic hydroxyl groups excluding tert-OH is 1. The Hall–Kier alpha value is -2.38. The number of hydrogen-bond donors (Lipinski definition) is 1. The van der Waals surface area contributed by atoms with Crippen LogP contribution in [0, 0.1) is 0 Å². The molecule has 3 aromatic rings. The average Bonchev–Trinajstić information content (AvgIpc) is 2.56. The molecule has 0 heterocycles. The number of hydrogen-bond acceptors (Lipinski definition) is 1. The van der Waals surface area contributed by atoms with Crippen molar-refractivity contribution >= 4 is 0 Å². The minimum atomic E-state index is -0.481. The van der Waals surface area contributed by atoms with E-state index < -0.39 is 6.10 Å². The van der Waals surface area contributed by atoms with Gasteiger partial charge in [0.1, 0.15) is 0 Å². The average molecular weight is 274 g/mol. The maximum absolute atomic E-state index is 10.0. The van der Waals surface area contributed by atoms with Crippen LogP contribution in [-0.4, -0.2) is 5.11 Å². The molecule has 21 heavy (non-hydrogen) atoms. The minimum Gasteiger partial charge on any atom is -0.389 e. The highest BCUT2D eigenvalue weighted by molar-refractivity contribution is 5.75. The van der Waals surface area contributed by atoms with Crippen LogP contribution in [0.1, 0.15) is 18.6 Å². The van der Waals surface area contributed by atoms with Crippen LogP contribution in [0.15, 0.2) is 78.9 Å². The van der Waals surface area contributed by atoms with Crippen LogP contribution < -0.4 is 0 Å². The van der Waals surface area contributed by atoms with Crippen molar-refractivity contribution < 1.29 is 5.11 Å². The fourth-order valence-electron chi connectivity index (χ4n) is 2.60. The van der Waals surface area contributed by atoms with Gasteiger partial charge in [0.05, 0.1) is 6.10 Å². The van der Waals surface area contributed by atoms with Gasteiger partial charge in [-0.25, -0.2) is 0 Å². The highest BCUT2D eigenvalue weighted by atomic mass is 16.3. The third-order valence-electron chi connectivity index (χ3n) is 3.70. The second kappa shape index (κ2) is 5.94. The molecule has 1 nitrogen and oxygen atoms in total. The summed E-state index contributed by atoms with van der Waals surface area (Å²) in [4.78, 5) is 0. The quantitative estimate of drug-likeness (QED) is 0.706. The molecule has 0 bridgehead atoms. The number of aliphatic hydroxyl groups is 1. The molecule has 0 aliphatic heterocycles. The van der Waals surface area contributed by atoms with Crippen LogP contribution in [0.3, 0.4) is 0 Å². The van der Waals surface area contributed by atoms with Crippen LogP contribution in [0.4, 0.5) is 0 Å². The number of benzene rings is 3. The summed E-state index contributed by atoms with van der Waals surface area (Å²) in [7, 11) is 0. The Morgan fingerprint density at radius 3 is 1.81 bits per heavy atom. The molecular weight excluding hydrogens is 256 g/mol. The Balaban J connectivity index is 2.16. The van der Waals surface area contributed by atoms with Gasteiger partial charge in [-0.05, 0) is 40.8 Å². The van der Waals surface area contributed by atoms with Gasteiger partial charge >= 0.3 is 0 Å². The van der Waals surface area contributed by atoms with Crippen LogP contribution >= 0.6 is 0 Å². The Kier molecular flexibility index (Phi) is 3.85. The molecule has 0 spiro atoms. The highest BCUT2D eigenvalue weighted by Gasteiger charge is 2.11. The van der Waals surface area contributed by atoms with E-state index in [-0.39, 0.29) is 0 Å². The molecule has 1 N–H and O–H groups in total. The zero-order valence-corrected chi connectivity index (χ0v) is 12.0. The molecule has 0 radical (unpaired) electrons. The smallest absolute Gasteiger partial charge is 0.0767 e. The van der Waals surface area contributed by atoms with E-state index >= 15 is 0 Å². The predicted octanol–water partition coefficient (Wildman–Crippen LogP) is 5.07. The predicted molar refractivity (Wildman–Crippen MR) is 87.9 cm³/mol. The second-order valence-electron chi connectivity index (χ2n) is 5.21. The molecule has 0 fully saturated rings. The fourth-order valence-corrected chi connectivity index (χ4v) is 2.60. The maximum Gasteiger partial charge on any atom is 0.0767 e. The molecule has 3 rings (SSSR count). The molecule has 1 heteroatoms. The van der Waals surface area contributed by atoms with E-state index in [0.717, 1.165) is 16.7 Å². The van der Waals surface area contributed by atoms with Crippen molar-refractivity contribution in [2.75, 3.05) is 0 Å². The van der Waals surface area contributed by atoms with Gasteiger partial charge in [-0.3, -0.25) is 0 Å². The molecule has 0 aliphatic rings. The Labute approximate surface area is 125 Å². The standard InChI is InChI=1S/C20H18O/c1-15(21)19-13-12-18(16-8-4-2-5-9-16)14-20(19)17-10-6-3-7-11-17/h2-15,21H,1H3/t15-/m0/s1. The molecule has 3 aromatic carbocycles. The lowest BCUT2D eigenvalue weighted by molar-refractivity contribution is 0.200. The fraction of sp³-hybridized carbons (Fsp3) is 0.100. The minimum absolute atomic E-state index is 0.481. The van der Waals surface area contributed by atoms with E-state index in [9.17, 15) is 5.11 Å². The molecule has 0 aromatic heterocycles. The summed E-state index contributed by atoms with van der Waals surface area (Å²) in [5.74, 6) is 0. The molecule has 0 aliphatic carbocycles. The summed E-state index contributed by atoms with van der Waals surface area (Å²) in [5, 5.41) is 10.0. The maximum atomic E-state index is 10.0. The van der Waals surface area contributed by atoms with Gasteiger partial charge in [0, 0.05) is 0 Å². The van der Waals surface area contributed by atoms with Gasteiger partial charge < -0.3 is 5.11 Å². The van der Waals surface area contributed by atoms with Gasteiger partial charge in [0.15, 0.2) is 0 Å². The third kappa shape index (κ3) is 2.88. The largest absolute Gasteiger partial charge is 0.389 e. The van der Waals surface area contributed by atoms with E-state index in [2.05, 4.69) is 36.4 Å². The van der Waals surface area contributed by atoms with E-state index in [1.807, 2.05) is 49.4 Å². The lowest BCUT2D eigenvalue weighted by atomic mass is 9.92. The van der Waals surface area contributed by atoms with Crippen molar-refractivity contribution in [1.29, 1.82) is 0 Å². The molecule has 1 atom stereocenters. The first-order valence-electron chi connectivity index (χ1n) is 7.18. The van der Waals surface area contributed by atoms with Crippen molar-refractivity contribution in [3.05, 3.63) is 84.4 Å². The van der Waals surface area contributed by atoms with Crippen molar-refractivity contribution in [3.63, 3.8) is 0 Å². The van der Waals surface area contributed by atoms with Gasteiger partial charge in [-0.1, -0.05) is 72.8 Å². The van der Waals surface area contributed by atoms with Crippen molar-refractivity contribution in [3.8, 4) is 22.3 Å². The molecular formula is C20H18O. The van der Waals surface area contributed by atoms with Crippen molar-refractivity contribution in [1.82, 2.24) is 0 Å². The Morgan fingerprint density at radius 2 is 1.24 bits per heavy atom. The highest BCUT2D eigenvalue weighted by Crippen LogP contribution is 2.32. The summed E-state index contributed by atoms with van der Waals surface area (Å²) in [6.07, 6.45) is -0.481. The van der Waals surface area contributed by atoms with Crippen molar-refractivity contribution in [2.45, 2.75) is 13.0 Å². The summed E-state index contributed by atoms with van der Waals surface area (Å²) < 4.78 is 0. The first-order chi connectivity index (χ1) is 10.3. The monoisotopic (exact) mass is 274 g/mol. The second-order valence-corrected chi connectivity index (χ2v) is 5.21. The summed E-state index contributed by atoms with van der Waals surface area (Å²) in [6, 6.07) is 26.8. The number of rotatable bonds is 3. The van der Waals surface area contributed by atoms with E-state index in [1.54, 1.807) is 0 Å². The van der Waals surface area contributed by atoms with Crippen LogP contribution in [0.25, 0.3) is 22.3 Å². The van der Waals surface area contributed by atoms with Gasteiger partial charge in [-0.15, -0.1) is 0 Å². The first kappa shape index (κ1) is 13.6. The summed E-state index contributed by atoms with van der Waals surface area (Å²) in [6.45, 7) is 1.81. The van der Waals surface area contributed by atoms with Crippen LogP contribution in [0.2, 0.25) is 0 Å². The molecule has 0 saturated heterocycles. The molecule has 0 unspecified atom stereocenters. The third-order valence-corrected chi connectivity index (χ3v) is 3.70. The summed E-state index contributed by atoms with van der Waals surface area (Å²) in [5.41, 5.74) is 5.53. The summed E-state index contributed by atoms with van der Waals surface area (Å²) >= 11 is 0. The Morgan fingerprint density at radius 1 is 0.667 bits per heavy atom. The molecule has 104 valence electrons. The Bertz CT molecular complexity index is 715. The zero-order chi connectivity index (χ0) is 14.7. The normalized spacial score (nSPS) is 12.1. The molecule has 0 amide bonds.